The van der Waals surface area contributed by atoms with Crippen molar-refractivity contribution in [3.8, 4) is 5.75 Å². The van der Waals surface area contributed by atoms with Crippen LogP contribution in [0.25, 0.3) is 0 Å². The Morgan fingerprint density at radius 1 is 0.915 bits per heavy atom. The Balaban J connectivity index is 1.82. The Kier molecular flexibility index (Phi) is 12.7. The van der Waals surface area contributed by atoms with Crippen molar-refractivity contribution < 1.29 is 22.7 Å². The third kappa shape index (κ3) is 9.73. The molecule has 0 aliphatic carbocycles. The topological polar surface area (TPSA) is 96.0 Å². The summed E-state index contributed by atoms with van der Waals surface area (Å²) in [5.74, 6) is -0.438. The maximum absolute atomic E-state index is 14.6. The van der Waals surface area contributed by atoms with E-state index >= 15 is 0 Å². The summed E-state index contributed by atoms with van der Waals surface area (Å²) in [6, 6.07) is 25.6. The predicted molar refractivity (Wildman–Crippen MR) is 191 cm³/mol. The van der Waals surface area contributed by atoms with E-state index in [1.54, 1.807) is 54.6 Å². The largest absolute Gasteiger partial charge is 0.494 e. The molecule has 4 aromatic carbocycles. The highest BCUT2D eigenvalue weighted by Crippen LogP contribution is 2.29. The lowest BCUT2D eigenvalue weighted by molar-refractivity contribution is -0.140. The van der Waals surface area contributed by atoms with Gasteiger partial charge in [-0.3, -0.25) is 13.9 Å². The highest BCUT2D eigenvalue weighted by Gasteiger charge is 2.35. The van der Waals surface area contributed by atoms with Crippen LogP contribution >= 0.6 is 39.1 Å². The Labute approximate surface area is 294 Å². The van der Waals surface area contributed by atoms with Crippen LogP contribution in [0.1, 0.15) is 31.9 Å². The van der Waals surface area contributed by atoms with Gasteiger partial charge in [-0.05, 0) is 92.6 Å². The first-order valence-electron chi connectivity index (χ1n) is 15.0. The molecule has 0 saturated carbocycles. The molecule has 1 N–H and O–H groups in total. The Morgan fingerprint density at radius 3 is 2.17 bits per heavy atom. The molecule has 47 heavy (non-hydrogen) atoms. The van der Waals surface area contributed by atoms with Crippen LogP contribution in [-0.2, 0) is 32.6 Å². The van der Waals surface area contributed by atoms with Gasteiger partial charge in [0.1, 0.15) is 18.3 Å². The van der Waals surface area contributed by atoms with Gasteiger partial charge in [-0.15, -0.1) is 0 Å². The monoisotopic (exact) mass is 759 g/mol. The first-order valence-corrected chi connectivity index (χ1v) is 18.0. The third-order valence-corrected chi connectivity index (χ3v) is 10.1. The number of ether oxygens (including phenoxy) is 1. The zero-order valence-electron chi connectivity index (χ0n) is 26.2. The van der Waals surface area contributed by atoms with E-state index in [1.807, 2.05) is 51.1 Å². The SMILES string of the molecule is CCOc1ccc(N(CC(=O)N(Cc2ccc(Cl)cc2Cl)[C@H](Cc2ccccc2)C(=O)NC(C)C)S(=O)(=O)c2ccc(Br)cc2)cc1. The molecule has 0 bridgehead atoms. The van der Waals surface area contributed by atoms with Crippen LogP contribution < -0.4 is 14.4 Å². The second-order valence-electron chi connectivity index (χ2n) is 11.0. The van der Waals surface area contributed by atoms with Gasteiger partial charge in [-0.25, -0.2) is 8.42 Å². The maximum Gasteiger partial charge on any atom is 0.264 e. The van der Waals surface area contributed by atoms with Crippen molar-refractivity contribution in [3.63, 3.8) is 0 Å². The second-order valence-corrected chi connectivity index (χ2v) is 14.6. The van der Waals surface area contributed by atoms with Gasteiger partial charge >= 0.3 is 0 Å². The van der Waals surface area contributed by atoms with Gasteiger partial charge < -0.3 is 15.0 Å². The van der Waals surface area contributed by atoms with Crippen LogP contribution in [0.2, 0.25) is 10.0 Å². The molecule has 0 unspecified atom stereocenters. The molecule has 0 saturated heterocycles. The normalized spacial score (nSPS) is 12.0. The summed E-state index contributed by atoms with van der Waals surface area (Å²) in [5, 5.41) is 3.66. The van der Waals surface area contributed by atoms with Crippen molar-refractivity contribution in [1.82, 2.24) is 10.2 Å². The van der Waals surface area contributed by atoms with Gasteiger partial charge in [-0.2, -0.15) is 0 Å². The summed E-state index contributed by atoms with van der Waals surface area (Å²) in [6.45, 7) is 5.27. The molecule has 0 radical (unpaired) electrons. The standard InChI is InChI=1S/C35H36BrCl2N3O5S/c1-4-46-30-16-14-29(15-17-30)41(47(44,45)31-18-11-27(36)12-19-31)23-34(42)40(22-26-10-13-28(37)21-32(26)38)33(35(43)39-24(2)3)20-25-8-6-5-7-9-25/h5-19,21,24,33H,4,20,22-23H2,1-3H3,(H,39,43)/t33-/m1/s1. The van der Waals surface area contributed by atoms with Gasteiger partial charge in [0.15, 0.2) is 0 Å². The van der Waals surface area contributed by atoms with E-state index in [1.165, 1.54) is 17.0 Å². The molecule has 4 aromatic rings. The fourth-order valence-corrected chi connectivity index (χ4v) is 7.05. The smallest absolute Gasteiger partial charge is 0.264 e. The molecule has 0 fully saturated rings. The number of carbonyl (C=O) groups is 2. The first kappa shape index (κ1) is 36.3. The van der Waals surface area contributed by atoms with Crippen LogP contribution in [0.5, 0.6) is 5.75 Å². The number of nitrogens with one attached hydrogen (secondary N) is 1. The fourth-order valence-electron chi connectivity index (χ4n) is 4.91. The van der Waals surface area contributed by atoms with E-state index in [9.17, 15) is 18.0 Å². The number of anilines is 1. The van der Waals surface area contributed by atoms with Gasteiger partial charge in [0.25, 0.3) is 10.0 Å². The molecule has 0 aromatic heterocycles. The summed E-state index contributed by atoms with van der Waals surface area (Å²) in [6.07, 6.45) is 0.179. The summed E-state index contributed by atoms with van der Waals surface area (Å²) < 4.78 is 35.7. The third-order valence-electron chi connectivity index (χ3n) is 7.17. The van der Waals surface area contributed by atoms with Gasteiger partial charge in [-0.1, -0.05) is 75.5 Å². The highest BCUT2D eigenvalue weighted by atomic mass is 79.9. The Morgan fingerprint density at radius 2 is 1.57 bits per heavy atom. The molecule has 8 nitrogen and oxygen atoms in total. The molecule has 0 spiro atoms. The lowest BCUT2D eigenvalue weighted by atomic mass is 10.0. The Bertz CT molecular complexity index is 1770. The van der Waals surface area contributed by atoms with Gasteiger partial charge in [0.2, 0.25) is 11.8 Å². The number of benzene rings is 4. The summed E-state index contributed by atoms with van der Waals surface area (Å²) in [5.41, 5.74) is 1.62. The highest BCUT2D eigenvalue weighted by molar-refractivity contribution is 9.10. The molecule has 12 heteroatoms. The molecule has 248 valence electrons. The lowest BCUT2D eigenvalue weighted by Gasteiger charge is -2.34. The van der Waals surface area contributed by atoms with Crippen molar-refractivity contribution in [3.05, 3.63) is 123 Å². The maximum atomic E-state index is 14.6. The van der Waals surface area contributed by atoms with Crippen molar-refractivity contribution in [2.24, 2.45) is 0 Å². The quantitative estimate of drug-likeness (QED) is 0.144. The van der Waals surface area contributed by atoms with Gasteiger partial charge in [0, 0.05) is 33.5 Å². The number of carbonyl (C=O) groups excluding carboxylic acids is 2. The number of halogens is 3. The molecule has 1 atom stereocenters. The van der Waals surface area contributed by atoms with Gasteiger partial charge in [0.05, 0.1) is 17.2 Å². The van der Waals surface area contributed by atoms with E-state index in [0.717, 1.165) is 9.87 Å². The second kappa shape index (κ2) is 16.5. The minimum atomic E-state index is -4.25. The van der Waals surface area contributed by atoms with Crippen LogP contribution in [-0.4, -0.2) is 50.4 Å². The fraction of sp³-hybridized carbons (Fsp3) is 0.257. The van der Waals surface area contributed by atoms with Crippen molar-refractivity contribution in [2.75, 3.05) is 17.5 Å². The minimum absolute atomic E-state index is 0.00642. The number of sulfonamides is 1. The molecule has 0 heterocycles. The van der Waals surface area contributed by atoms with Crippen LogP contribution in [0.15, 0.2) is 106 Å². The summed E-state index contributed by atoms with van der Waals surface area (Å²) in [7, 11) is -4.25. The summed E-state index contributed by atoms with van der Waals surface area (Å²) >= 11 is 16.1. The van der Waals surface area contributed by atoms with Crippen LogP contribution in [0.3, 0.4) is 0 Å². The summed E-state index contributed by atoms with van der Waals surface area (Å²) in [4.78, 5) is 29.8. The van der Waals surface area contributed by atoms with Crippen LogP contribution in [0.4, 0.5) is 5.69 Å². The van der Waals surface area contributed by atoms with E-state index < -0.39 is 28.5 Å². The molecular weight excluding hydrogens is 725 g/mol. The van der Waals surface area contributed by atoms with E-state index in [0.29, 0.717) is 32.4 Å². The number of rotatable bonds is 14. The van der Waals surface area contributed by atoms with E-state index in [-0.39, 0.29) is 35.5 Å². The molecule has 4 rings (SSSR count). The first-order chi connectivity index (χ1) is 22.4. The zero-order chi connectivity index (χ0) is 34.1. The van der Waals surface area contributed by atoms with E-state index in [2.05, 4.69) is 21.2 Å². The predicted octanol–water partition coefficient (Wildman–Crippen LogP) is 7.51. The average Bonchev–Trinajstić information content (AvgIpc) is 3.03. The Hall–Kier alpha value is -3.57. The zero-order valence-corrected chi connectivity index (χ0v) is 30.1. The number of hydrogen-bond acceptors (Lipinski definition) is 5. The molecule has 0 aliphatic heterocycles. The molecule has 2 amide bonds. The van der Waals surface area contributed by atoms with Crippen molar-refractivity contribution in [2.45, 2.75) is 50.7 Å². The number of nitrogens with zero attached hydrogens (tertiary/aromatic N) is 2. The minimum Gasteiger partial charge on any atom is -0.494 e. The molecular formula is C35H36BrCl2N3O5S. The molecule has 0 aliphatic rings. The van der Waals surface area contributed by atoms with Crippen LogP contribution in [0, 0.1) is 0 Å². The number of amides is 2. The average molecular weight is 762 g/mol. The van der Waals surface area contributed by atoms with Crippen molar-refractivity contribution in [1.29, 1.82) is 0 Å². The number of hydrogen-bond donors (Lipinski definition) is 1. The van der Waals surface area contributed by atoms with E-state index in [4.69, 9.17) is 27.9 Å². The lowest BCUT2D eigenvalue weighted by Crippen LogP contribution is -2.54. The van der Waals surface area contributed by atoms with Crippen molar-refractivity contribution >= 4 is 66.7 Å².